The van der Waals surface area contributed by atoms with Crippen LogP contribution in [0.5, 0.6) is 5.75 Å². The molecule has 0 fully saturated rings. The third kappa shape index (κ3) is 5.53. The monoisotopic (exact) mass is 416 g/mol. The summed E-state index contributed by atoms with van der Waals surface area (Å²) in [5.74, 6) is 0.795. The predicted molar refractivity (Wildman–Crippen MR) is 121 cm³/mol. The van der Waals surface area contributed by atoms with E-state index in [1.807, 2.05) is 75.3 Å². The highest BCUT2D eigenvalue weighted by molar-refractivity contribution is 7.99. The molecule has 0 radical (unpaired) electrons. The van der Waals surface area contributed by atoms with Gasteiger partial charge in [0, 0.05) is 25.1 Å². The standard InChI is InChI=1S/C21H26N2O3S.C2H6/c1-22(2)13-14-23-17-7-5-6-8-18(17)27-20(19(26-4)21(23)24)15-9-11-16(25-3)12-10-15;1-2/h5-12,19-20H,13-14H2,1-4H3;1-2H3/t19?,20-;/m0./s1. The van der Waals surface area contributed by atoms with Gasteiger partial charge in [0.05, 0.1) is 18.0 Å². The predicted octanol–water partition coefficient (Wildman–Crippen LogP) is 4.48. The van der Waals surface area contributed by atoms with Gasteiger partial charge in [-0.2, -0.15) is 0 Å². The van der Waals surface area contributed by atoms with Gasteiger partial charge in [-0.05, 0) is 43.9 Å². The molecule has 0 aliphatic carbocycles. The quantitative estimate of drug-likeness (QED) is 0.695. The van der Waals surface area contributed by atoms with E-state index in [1.54, 1.807) is 26.0 Å². The number of amides is 1. The highest BCUT2D eigenvalue weighted by atomic mass is 32.2. The Balaban J connectivity index is 0.00000145. The molecule has 0 saturated carbocycles. The molecule has 1 unspecified atom stereocenters. The van der Waals surface area contributed by atoms with Crippen molar-refractivity contribution in [2.24, 2.45) is 0 Å². The van der Waals surface area contributed by atoms with Gasteiger partial charge in [0.2, 0.25) is 0 Å². The molecule has 1 aliphatic rings. The minimum atomic E-state index is -0.557. The third-order valence-corrected chi connectivity index (χ3v) is 6.04. The van der Waals surface area contributed by atoms with Gasteiger partial charge >= 0.3 is 0 Å². The number of nitrogens with zero attached hydrogens (tertiary/aromatic N) is 2. The molecule has 0 bridgehead atoms. The number of carbonyl (C=O) groups excluding carboxylic acids is 1. The molecule has 158 valence electrons. The fourth-order valence-corrected chi connectivity index (χ4v) is 4.55. The van der Waals surface area contributed by atoms with Crippen molar-refractivity contribution in [3.05, 3.63) is 54.1 Å². The molecule has 0 N–H and O–H groups in total. The SMILES string of the molecule is CC.COc1ccc([C@@H]2Sc3ccccc3N(CCN(C)C)C(=O)C2OC)cc1. The lowest BCUT2D eigenvalue weighted by atomic mass is 10.1. The van der Waals surface area contributed by atoms with Gasteiger partial charge in [0.1, 0.15) is 5.75 Å². The number of methoxy groups -OCH3 is 2. The van der Waals surface area contributed by atoms with Gasteiger partial charge in [-0.3, -0.25) is 4.79 Å². The fourth-order valence-electron chi connectivity index (χ4n) is 3.17. The van der Waals surface area contributed by atoms with Crippen LogP contribution in [0, 0.1) is 0 Å². The van der Waals surface area contributed by atoms with Crippen molar-refractivity contribution in [1.29, 1.82) is 0 Å². The third-order valence-electron chi connectivity index (χ3n) is 4.66. The number of anilines is 1. The first kappa shape index (κ1) is 23.3. The average Bonchev–Trinajstić information content (AvgIpc) is 2.87. The van der Waals surface area contributed by atoms with E-state index in [-0.39, 0.29) is 11.2 Å². The molecule has 0 saturated heterocycles. The van der Waals surface area contributed by atoms with Gasteiger partial charge in [-0.1, -0.05) is 38.1 Å². The minimum absolute atomic E-state index is 0.00221. The summed E-state index contributed by atoms with van der Waals surface area (Å²) in [5, 5.41) is -0.126. The summed E-state index contributed by atoms with van der Waals surface area (Å²) in [6.45, 7) is 5.41. The number of hydrogen-bond acceptors (Lipinski definition) is 5. The van der Waals surface area contributed by atoms with Gasteiger partial charge in [-0.25, -0.2) is 0 Å². The first-order valence-electron chi connectivity index (χ1n) is 9.93. The van der Waals surface area contributed by atoms with E-state index >= 15 is 0 Å². The molecule has 3 rings (SSSR count). The maximum absolute atomic E-state index is 13.4. The van der Waals surface area contributed by atoms with Gasteiger partial charge in [-0.15, -0.1) is 11.8 Å². The second kappa shape index (κ2) is 11.2. The van der Waals surface area contributed by atoms with Crippen LogP contribution in [0.4, 0.5) is 5.69 Å². The lowest BCUT2D eigenvalue weighted by Crippen LogP contribution is -2.44. The van der Waals surface area contributed by atoms with E-state index in [9.17, 15) is 4.79 Å². The van der Waals surface area contributed by atoms with Crippen molar-refractivity contribution >= 4 is 23.4 Å². The number of para-hydroxylation sites is 1. The van der Waals surface area contributed by atoms with Crippen LogP contribution in [0.15, 0.2) is 53.4 Å². The molecular formula is C23H32N2O3S. The van der Waals surface area contributed by atoms with E-state index in [0.717, 1.165) is 28.4 Å². The van der Waals surface area contributed by atoms with Gasteiger partial charge < -0.3 is 19.3 Å². The molecular weight excluding hydrogens is 384 g/mol. The van der Waals surface area contributed by atoms with Crippen LogP contribution in [0.25, 0.3) is 0 Å². The average molecular weight is 417 g/mol. The van der Waals surface area contributed by atoms with Crippen molar-refractivity contribution in [2.75, 3.05) is 46.3 Å². The van der Waals surface area contributed by atoms with Crippen LogP contribution in [-0.4, -0.2) is 58.3 Å². The smallest absolute Gasteiger partial charge is 0.257 e. The number of ether oxygens (including phenoxy) is 2. The summed E-state index contributed by atoms with van der Waals surface area (Å²) in [7, 11) is 7.28. The summed E-state index contributed by atoms with van der Waals surface area (Å²) in [6.07, 6.45) is -0.557. The van der Waals surface area contributed by atoms with Crippen LogP contribution in [0.2, 0.25) is 0 Å². The molecule has 1 amide bonds. The first-order chi connectivity index (χ1) is 14.0. The second-order valence-corrected chi connectivity index (χ2v) is 7.91. The Hall–Kier alpha value is -2.02. The summed E-state index contributed by atoms with van der Waals surface area (Å²) in [5.41, 5.74) is 2.00. The summed E-state index contributed by atoms with van der Waals surface area (Å²) in [4.78, 5) is 18.4. The van der Waals surface area contributed by atoms with E-state index in [1.165, 1.54) is 0 Å². The molecule has 0 aromatic heterocycles. The molecule has 2 atom stereocenters. The number of rotatable bonds is 6. The summed E-state index contributed by atoms with van der Waals surface area (Å²) < 4.78 is 11.0. The minimum Gasteiger partial charge on any atom is -0.497 e. The molecule has 2 aromatic rings. The number of hydrogen-bond donors (Lipinski definition) is 0. The number of benzene rings is 2. The fraction of sp³-hybridized carbons (Fsp3) is 0.435. The Bertz CT molecular complexity index is 780. The summed E-state index contributed by atoms with van der Waals surface area (Å²) >= 11 is 1.68. The molecule has 1 aliphatic heterocycles. The first-order valence-corrected chi connectivity index (χ1v) is 10.8. The highest BCUT2D eigenvalue weighted by Gasteiger charge is 2.38. The van der Waals surface area contributed by atoms with Crippen LogP contribution >= 0.6 is 11.8 Å². The molecule has 2 aromatic carbocycles. The van der Waals surface area contributed by atoms with Crippen LogP contribution in [-0.2, 0) is 9.53 Å². The lowest BCUT2D eigenvalue weighted by Gasteiger charge is -2.28. The van der Waals surface area contributed by atoms with Crippen molar-refractivity contribution < 1.29 is 14.3 Å². The Morgan fingerprint density at radius 3 is 2.28 bits per heavy atom. The zero-order valence-corrected chi connectivity index (χ0v) is 19.0. The van der Waals surface area contributed by atoms with E-state index in [0.29, 0.717) is 6.54 Å². The van der Waals surface area contributed by atoms with Crippen molar-refractivity contribution in [2.45, 2.75) is 30.1 Å². The molecule has 29 heavy (non-hydrogen) atoms. The zero-order chi connectivity index (χ0) is 21.4. The van der Waals surface area contributed by atoms with Gasteiger partial charge in [0.15, 0.2) is 6.10 Å². The maximum Gasteiger partial charge on any atom is 0.257 e. The Labute approximate surface area is 179 Å². The summed E-state index contributed by atoms with van der Waals surface area (Å²) in [6, 6.07) is 15.9. The molecule has 5 nitrogen and oxygen atoms in total. The van der Waals surface area contributed by atoms with Crippen molar-refractivity contribution in [1.82, 2.24) is 4.90 Å². The topological polar surface area (TPSA) is 42.0 Å². The molecule has 6 heteroatoms. The Morgan fingerprint density at radius 1 is 1.03 bits per heavy atom. The lowest BCUT2D eigenvalue weighted by molar-refractivity contribution is -0.128. The second-order valence-electron chi connectivity index (χ2n) is 6.73. The van der Waals surface area contributed by atoms with E-state index in [2.05, 4.69) is 11.0 Å². The zero-order valence-electron chi connectivity index (χ0n) is 18.2. The normalized spacial score (nSPS) is 18.6. The van der Waals surface area contributed by atoms with Crippen LogP contribution in [0.1, 0.15) is 24.7 Å². The number of thioether (sulfide) groups is 1. The number of likely N-dealkylation sites (N-methyl/N-ethyl adjacent to an activating group) is 1. The van der Waals surface area contributed by atoms with Crippen molar-refractivity contribution in [3.8, 4) is 5.75 Å². The van der Waals surface area contributed by atoms with Gasteiger partial charge in [0.25, 0.3) is 5.91 Å². The van der Waals surface area contributed by atoms with Crippen molar-refractivity contribution in [3.63, 3.8) is 0 Å². The number of fused-ring (bicyclic) bond motifs is 1. The highest BCUT2D eigenvalue weighted by Crippen LogP contribution is 2.46. The largest absolute Gasteiger partial charge is 0.497 e. The van der Waals surface area contributed by atoms with Crippen LogP contribution < -0.4 is 9.64 Å². The maximum atomic E-state index is 13.4. The van der Waals surface area contributed by atoms with E-state index in [4.69, 9.17) is 9.47 Å². The Kier molecular flexibility index (Phi) is 9.01. The molecule has 1 heterocycles. The molecule has 0 spiro atoms. The van der Waals surface area contributed by atoms with Crippen LogP contribution in [0.3, 0.4) is 0 Å². The number of carbonyl (C=O) groups is 1. The van der Waals surface area contributed by atoms with E-state index < -0.39 is 6.10 Å². The Morgan fingerprint density at radius 2 is 1.69 bits per heavy atom.